The van der Waals surface area contributed by atoms with Crippen LogP contribution in [0.25, 0.3) is 32.7 Å². The van der Waals surface area contributed by atoms with E-state index in [4.69, 9.17) is 5.11 Å². The summed E-state index contributed by atoms with van der Waals surface area (Å²) >= 11 is 1.87. The summed E-state index contributed by atoms with van der Waals surface area (Å²) in [5.41, 5.74) is 3.50. The summed E-state index contributed by atoms with van der Waals surface area (Å²) in [5, 5.41) is 19.3. The minimum atomic E-state index is -4.28. The van der Waals surface area contributed by atoms with Crippen molar-refractivity contribution in [3.63, 3.8) is 0 Å². The first-order chi connectivity index (χ1) is 20.6. The molecule has 2 aliphatic heterocycles. The number of nitrogens with one attached hydrogen (secondary N) is 2. The minimum Gasteiger partial charge on any atom is -0.481 e. The van der Waals surface area contributed by atoms with Crippen molar-refractivity contribution in [2.45, 2.75) is 68.2 Å². The quantitative estimate of drug-likeness (QED) is 0.0758. The van der Waals surface area contributed by atoms with E-state index < -0.39 is 16.1 Å². The Morgan fingerprint density at radius 2 is 1.70 bits per heavy atom. The smallest absolute Gasteiger partial charge is 0.315 e. The molecule has 0 spiro atoms. The Morgan fingerprint density at radius 1 is 0.977 bits per heavy atom. The van der Waals surface area contributed by atoms with Crippen molar-refractivity contribution in [1.82, 2.24) is 10.6 Å². The molecule has 0 unspecified atom stereocenters. The third-order valence-electron chi connectivity index (χ3n) is 8.19. The first-order valence-corrected chi connectivity index (χ1v) is 17.0. The number of thioether (sulfide) groups is 1. The van der Waals surface area contributed by atoms with Crippen LogP contribution in [0.15, 0.2) is 71.6 Å². The number of hydrogen-bond acceptors (Lipinski definition) is 5. The highest BCUT2D eigenvalue weighted by Crippen LogP contribution is 2.38. The molecule has 3 atom stereocenters. The standard InChI is InChI=1S/C23H20O3S.C10H16N2O3S/c1-3-19-22(27(24,25)26)12-11-15(2)23(19)20-10-6-9-18-13-16-7-4-5-8-17(16)14-21(18)20;13-8(14)4-2-1-3-7-9-6(5-16-7)11-10(15)12-9/h4-14H,3H2,1-2H3,(H,24,25,26);6-7,9H,1-5H2,(H,13,14)(H2,11,12,15)/t;6-,7-,9-/m.0/s1. The van der Waals surface area contributed by atoms with Crippen molar-refractivity contribution < 1.29 is 27.7 Å². The molecular formula is C33H36N2O6S2. The van der Waals surface area contributed by atoms with Gasteiger partial charge in [-0.1, -0.05) is 61.9 Å². The maximum absolute atomic E-state index is 11.9. The molecule has 0 saturated carbocycles. The van der Waals surface area contributed by atoms with Crippen molar-refractivity contribution in [2.24, 2.45) is 0 Å². The fourth-order valence-corrected chi connectivity index (χ4v) is 8.50. The molecule has 8 nitrogen and oxygen atoms in total. The molecule has 2 heterocycles. The summed E-state index contributed by atoms with van der Waals surface area (Å²) in [5.74, 6) is 0.236. The number of carbonyl (C=O) groups is 2. The van der Waals surface area contributed by atoms with Gasteiger partial charge in [0.05, 0.1) is 17.0 Å². The molecule has 2 amide bonds. The van der Waals surface area contributed by atoms with E-state index in [2.05, 4.69) is 41.0 Å². The van der Waals surface area contributed by atoms with Gasteiger partial charge in [0.1, 0.15) is 0 Å². The number of unbranched alkanes of at least 4 members (excludes halogenated alkanes) is 1. The van der Waals surface area contributed by atoms with Crippen molar-refractivity contribution >= 4 is 55.4 Å². The van der Waals surface area contributed by atoms with Crippen LogP contribution in [0.3, 0.4) is 0 Å². The number of hydrogen-bond donors (Lipinski definition) is 4. The highest BCUT2D eigenvalue weighted by molar-refractivity contribution is 8.00. The van der Waals surface area contributed by atoms with Crippen LogP contribution in [0, 0.1) is 6.92 Å². The van der Waals surface area contributed by atoms with Crippen molar-refractivity contribution in [3.8, 4) is 11.1 Å². The van der Waals surface area contributed by atoms with Crippen LogP contribution < -0.4 is 10.6 Å². The zero-order chi connectivity index (χ0) is 30.7. The molecular weight excluding hydrogens is 585 g/mol. The first kappa shape index (κ1) is 30.8. The zero-order valence-electron chi connectivity index (χ0n) is 24.2. The molecule has 6 rings (SSSR count). The van der Waals surface area contributed by atoms with Gasteiger partial charge in [-0.2, -0.15) is 20.2 Å². The lowest BCUT2D eigenvalue weighted by Crippen LogP contribution is -2.36. The number of benzene rings is 4. The summed E-state index contributed by atoms with van der Waals surface area (Å²) in [4.78, 5) is 21.5. The minimum absolute atomic E-state index is 0.0107. The Kier molecular flexibility index (Phi) is 9.29. The lowest BCUT2D eigenvalue weighted by molar-refractivity contribution is -0.137. The predicted molar refractivity (Wildman–Crippen MR) is 172 cm³/mol. The Morgan fingerprint density at radius 3 is 2.40 bits per heavy atom. The number of rotatable bonds is 8. The molecule has 4 aromatic carbocycles. The number of carboxylic acid groups (broad SMARTS) is 1. The molecule has 2 saturated heterocycles. The van der Waals surface area contributed by atoms with E-state index in [0.29, 0.717) is 17.2 Å². The first-order valence-electron chi connectivity index (χ1n) is 14.5. The number of urea groups is 1. The average molecular weight is 621 g/mol. The van der Waals surface area contributed by atoms with E-state index in [1.807, 2.05) is 49.9 Å². The normalized spacial score (nSPS) is 19.4. The number of aliphatic carboxylic acids is 1. The van der Waals surface area contributed by atoms with Gasteiger partial charge in [-0.3, -0.25) is 9.35 Å². The van der Waals surface area contributed by atoms with Gasteiger partial charge in [0, 0.05) is 17.4 Å². The average Bonchev–Trinajstić information content (AvgIpc) is 3.52. The van der Waals surface area contributed by atoms with Crippen molar-refractivity contribution in [3.05, 3.63) is 77.9 Å². The molecule has 43 heavy (non-hydrogen) atoms. The summed E-state index contributed by atoms with van der Waals surface area (Å²) in [6.07, 6.45) is 3.39. The number of carbonyl (C=O) groups excluding carboxylic acids is 1. The maximum atomic E-state index is 11.9. The lowest BCUT2D eigenvalue weighted by atomic mass is 9.89. The highest BCUT2D eigenvalue weighted by atomic mass is 32.2. The Bertz CT molecular complexity index is 1790. The zero-order valence-corrected chi connectivity index (χ0v) is 25.8. The van der Waals surface area contributed by atoms with Crippen LogP contribution in [-0.2, 0) is 21.3 Å². The summed E-state index contributed by atoms with van der Waals surface area (Å²) in [6.45, 7) is 3.88. The molecule has 2 fully saturated rings. The SMILES string of the molecule is CCc1c(S(=O)(=O)O)ccc(C)c1-c1cccc2cc3ccccc3cc12.O=C(O)CCCC[C@@H]1SC[C@@H]2NC(=O)N[C@@H]21. The number of fused-ring (bicyclic) bond motifs is 3. The van der Waals surface area contributed by atoms with E-state index in [1.54, 1.807) is 6.07 Å². The van der Waals surface area contributed by atoms with Gasteiger partial charge in [-0.05, 0) is 88.2 Å². The largest absolute Gasteiger partial charge is 0.481 e. The fourth-order valence-electron chi connectivity index (χ4n) is 6.16. The molecule has 0 aliphatic carbocycles. The second kappa shape index (κ2) is 13.0. The van der Waals surface area contributed by atoms with E-state index in [0.717, 1.165) is 57.9 Å². The monoisotopic (exact) mass is 620 g/mol. The number of amides is 2. The van der Waals surface area contributed by atoms with Gasteiger partial charge in [-0.15, -0.1) is 0 Å². The summed E-state index contributed by atoms with van der Waals surface area (Å²) in [6, 6.07) is 22.3. The van der Waals surface area contributed by atoms with Gasteiger partial charge >= 0.3 is 12.0 Å². The number of carboxylic acids is 1. The van der Waals surface area contributed by atoms with Gasteiger partial charge < -0.3 is 15.7 Å². The lowest BCUT2D eigenvalue weighted by Gasteiger charge is -2.17. The topological polar surface area (TPSA) is 133 Å². The predicted octanol–water partition coefficient (Wildman–Crippen LogP) is 6.57. The Hall–Kier alpha value is -3.60. The third kappa shape index (κ3) is 6.82. The van der Waals surface area contributed by atoms with Crippen LogP contribution in [0.2, 0.25) is 0 Å². The molecule has 2 aliphatic rings. The fraction of sp³-hybridized carbons (Fsp3) is 0.333. The Balaban J connectivity index is 0.000000196. The van der Waals surface area contributed by atoms with Crippen LogP contribution in [-0.4, -0.2) is 53.2 Å². The molecule has 0 bridgehead atoms. The van der Waals surface area contributed by atoms with E-state index in [1.165, 1.54) is 11.5 Å². The second-order valence-electron chi connectivity index (χ2n) is 11.1. The van der Waals surface area contributed by atoms with E-state index in [-0.39, 0.29) is 29.4 Å². The van der Waals surface area contributed by atoms with Crippen molar-refractivity contribution in [1.29, 1.82) is 0 Å². The molecule has 4 N–H and O–H groups in total. The van der Waals surface area contributed by atoms with Gasteiger partial charge in [-0.25, -0.2) is 4.79 Å². The second-order valence-corrected chi connectivity index (χ2v) is 13.7. The Labute approximate surface area is 256 Å². The number of aryl methyl sites for hydroxylation is 1. The highest BCUT2D eigenvalue weighted by Gasteiger charge is 2.42. The van der Waals surface area contributed by atoms with E-state index in [9.17, 15) is 22.6 Å². The van der Waals surface area contributed by atoms with Gasteiger partial charge in [0.25, 0.3) is 10.1 Å². The summed E-state index contributed by atoms with van der Waals surface area (Å²) < 4.78 is 33.5. The van der Waals surface area contributed by atoms with Crippen LogP contribution in [0.4, 0.5) is 4.79 Å². The van der Waals surface area contributed by atoms with Gasteiger partial charge in [0.15, 0.2) is 0 Å². The van der Waals surface area contributed by atoms with E-state index >= 15 is 0 Å². The van der Waals surface area contributed by atoms with Crippen LogP contribution >= 0.6 is 11.8 Å². The molecule has 226 valence electrons. The summed E-state index contributed by atoms with van der Waals surface area (Å²) in [7, 11) is -4.28. The van der Waals surface area contributed by atoms with Crippen LogP contribution in [0.5, 0.6) is 0 Å². The van der Waals surface area contributed by atoms with Gasteiger partial charge in [0.2, 0.25) is 0 Å². The molecule has 10 heteroatoms. The molecule has 0 radical (unpaired) electrons. The molecule has 4 aromatic rings. The van der Waals surface area contributed by atoms with Crippen molar-refractivity contribution in [2.75, 3.05) is 5.75 Å². The molecule has 0 aromatic heterocycles. The third-order valence-corrected chi connectivity index (χ3v) is 10.6. The van der Waals surface area contributed by atoms with Crippen LogP contribution in [0.1, 0.15) is 43.7 Å². The maximum Gasteiger partial charge on any atom is 0.315 e.